The molecule has 0 aliphatic rings. The molecule has 0 spiro atoms. The second-order valence-corrected chi connectivity index (χ2v) is 3.38. The molecule has 0 amide bonds. The summed E-state index contributed by atoms with van der Waals surface area (Å²) in [4.78, 5) is 4.00. The lowest BCUT2D eigenvalue weighted by Gasteiger charge is -2.14. The summed E-state index contributed by atoms with van der Waals surface area (Å²) in [6.45, 7) is 5.09. The molecule has 0 saturated heterocycles. The Bertz CT molecular complexity index is 338. The third kappa shape index (κ3) is 3.86. The topological polar surface area (TPSA) is 81.2 Å². The van der Waals surface area contributed by atoms with Crippen LogP contribution in [0.15, 0.2) is 18.3 Å². The Labute approximate surface area is 95.1 Å². The molecular formula is C11H17N3O2. The zero-order valence-electron chi connectivity index (χ0n) is 9.56. The third-order valence-corrected chi connectivity index (χ3v) is 1.91. The molecule has 5 heteroatoms. The number of aromatic nitrogens is 1. The number of amidine groups is 1. The van der Waals surface area contributed by atoms with Crippen molar-refractivity contribution >= 4 is 5.84 Å². The number of hydrogen-bond acceptors (Lipinski definition) is 4. The van der Waals surface area contributed by atoms with Crippen LogP contribution in [0.3, 0.4) is 0 Å². The van der Waals surface area contributed by atoms with Gasteiger partial charge in [-0.05, 0) is 26.0 Å². The van der Waals surface area contributed by atoms with Crippen LogP contribution in [0.2, 0.25) is 0 Å². The van der Waals surface area contributed by atoms with Gasteiger partial charge in [0, 0.05) is 6.61 Å². The molecule has 1 aromatic rings. The Morgan fingerprint density at radius 3 is 2.81 bits per heavy atom. The molecular weight excluding hydrogens is 206 g/mol. The van der Waals surface area contributed by atoms with Gasteiger partial charge in [-0.2, -0.15) is 0 Å². The first-order valence-corrected chi connectivity index (χ1v) is 5.18. The van der Waals surface area contributed by atoms with Crippen LogP contribution in [-0.4, -0.2) is 30.1 Å². The number of pyridine rings is 1. The number of hydrogen-bond donors (Lipinski definition) is 2. The van der Waals surface area contributed by atoms with Crippen molar-refractivity contribution in [2.45, 2.75) is 20.0 Å². The highest BCUT2D eigenvalue weighted by molar-refractivity contribution is 5.92. The number of nitrogens with two attached hydrogens (primary N) is 1. The smallest absolute Gasteiger partial charge is 0.141 e. The molecule has 16 heavy (non-hydrogen) atoms. The van der Waals surface area contributed by atoms with Crippen LogP contribution in [0.5, 0.6) is 5.75 Å². The van der Waals surface area contributed by atoms with Gasteiger partial charge in [-0.3, -0.25) is 5.41 Å². The van der Waals surface area contributed by atoms with Crippen molar-refractivity contribution < 1.29 is 9.47 Å². The summed E-state index contributed by atoms with van der Waals surface area (Å²) in [5, 5.41) is 7.19. The average Bonchev–Trinajstić information content (AvgIpc) is 2.27. The maximum atomic E-state index is 7.19. The van der Waals surface area contributed by atoms with Gasteiger partial charge in [0.05, 0.1) is 12.8 Å². The Morgan fingerprint density at radius 2 is 2.31 bits per heavy atom. The van der Waals surface area contributed by atoms with E-state index in [2.05, 4.69) is 4.98 Å². The summed E-state index contributed by atoms with van der Waals surface area (Å²) in [6, 6.07) is 3.40. The van der Waals surface area contributed by atoms with Gasteiger partial charge >= 0.3 is 0 Å². The van der Waals surface area contributed by atoms with Crippen molar-refractivity contribution in [2.75, 3.05) is 13.2 Å². The zero-order chi connectivity index (χ0) is 12.0. The lowest BCUT2D eigenvalue weighted by Crippen LogP contribution is -2.19. The number of nitrogens with zero attached hydrogens (tertiary/aromatic N) is 1. The molecule has 1 atom stereocenters. The van der Waals surface area contributed by atoms with Crippen molar-refractivity contribution in [3.8, 4) is 5.75 Å². The van der Waals surface area contributed by atoms with Crippen LogP contribution in [0.25, 0.3) is 0 Å². The van der Waals surface area contributed by atoms with Gasteiger partial charge in [-0.15, -0.1) is 0 Å². The molecule has 3 N–H and O–H groups in total. The van der Waals surface area contributed by atoms with Crippen LogP contribution < -0.4 is 10.5 Å². The SMILES string of the molecule is CCOCC(C)Oc1ccc(C(=N)N)nc1. The molecule has 1 heterocycles. The first-order valence-electron chi connectivity index (χ1n) is 5.18. The molecule has 0 saturated carbocycles. The first-order chi connectivity index (χ1) is 7.63. The normalized spacial score (nSPS) is 12.1. The van der Waals surface area contributed by atoms with E-state index in [1.54, 1.807) is 18.3 Å². The molecule has 5 nitrogen and oxygen atoms in total. The van der Waals surface area contributed by atoms with E-state index in [-0.39, 0.29) is 11.9 Å². The van der Waals surface area contributed by atoms with Gasteiger partial charge < -0.3 is 15.2 Å². The van der Waals surface area contributed by atoms with E-state index in [1.165, 1.54) is 0 Å². The largest absolute Gasteiger partial charge is 0.487 e. The zero-order valence-corrected chi connectivity index (χ0v) is 9.56. The highest BCUT2D eigenvalue weighted by atomic mass is 16.5. The van der Waals surface area contributed by atoms with Gasteiger partial charge in [0.25, 0.3) is 0 Å². The Balaban J connectivity index is 2.51. The van der Waals surface area contributed by atoms with E-state index < -0.39 is 0 Å². The minimum absolute atomic E-state index is 0.0232. The van der Waals surface area contributed by atoms with Gasteiger partial charge in [-0.25, -0.2) is 4.98 Å². The fourth-order valence-electron chi connectivity index (χ4n) is 1.16. The predicted octanol–water partition coefficient (Wildman–Crippen LogP) is 1.17. The van der Waals surface area contributed by atoms with Crippen molar-refractivity contribution in [3.63, 3.8) is 0 Å². The predicted molar refractivity (Wildman–Crippen MR) is 61.8 cm³/mol. The summed E-state index contributed by atoms with van der Waals surface area (Å²) in [5.74, 6) is 0.603. The van der Waals surface area contributed by atoms with Gasteiger partial charge in [0.1, 0.15) is 23.4 Å². The van der Waals surface area contributed by atoms with Crippen molar-refractivity contribution in [2.24, 2.45) is 5.73 Å². The van der Waals surface area contributed by atoms with Crippen molar-refractivity contribution in [1.29, 1.82) is 5.41 Å². The molecule has 0 aliphatic carbocycles. The van der Waals surface area contributed by atoms with E-state index in [4.69, 9.17) is 20.6 Å². The van der Waals surface area contributed by atoms with Gasteiger partial charge in [0.15, 0.2) is 0 Å². The van der Waals surface area contributed by atoms with Crippen LogP contribution >= 0.6 is 0 Å². The number of nitrogen functional groups attached to an aromatic ring is 1. The lowest BCUT2D eigenvalue weighted by atomic mass is 10.3. The van der Waals surface area contributed by atoms with Crippen LogP contribution in [0.1, 0.15) is 19.5 Å². The molecule has 1 unspecified atom stereocenters. The van der Waals surface area contributed by atoms with E-state index >= 15 is 0 Å². The van der Waals surface area contributed by atoms with Gasteiger partial charge in [-0.1, -0.05) is 0 Å². The highest BCUT2D eigenvalue weighted by Crippen LogP contribution is 2.11. The summed E-state index contributed by atoms with van der Waals surface area (Å²) >= 11 is 0. The number of nitrogens with one attached hydrogen (secondary N) is 1. The van der Waals surface area contributed by atoms with E-state index in [0.29, 0.717) is 24.7 Å². The molecule has 1 aromatic heterocycles. The summed E-state index contributed by atoms with van der Waals surface area (Å²) in [7, 11) is 0. The van der Waals surface area contributed by atoms with Crippen molar-refractivity contribution in [1.82, 2.24) is 4.98 Å². The fraction of sp³-hybridized carbons (Fsp3) is 0.455. The van der Waals surface area contributed by atoms with E-state index in [9.17, 15) is 0 Å². The maximum Gasteiger partial charge on any atom is 0.141 e. The highest BCUT2D eigenvalue weighted by Gasteiger charge is 2.05. The molecule has 0 fully saturated rings. The molecule has 0 bridgehead atoms. The first kappa shape index (κ1) is 12.4. The minimum atomic E-state index is -0.0473. The molecule has 1 rings (SSSR count). The van der Waals surface area contributed by atoms with Crippen LogP contribution in [0, 0.1) is 5.41 Å². The summed E-state index contributed by atoms with van der Waals surface area (Å²) < 4.78 is 10.8. The number of rotatable bonds is 6. The van der Waals surface area contributed by atoms with E-state index in [1.807, 2.05) is 13.8 Å². The Hall–Kier alpha value is -1.62. The molecule has 88 valence electrons. The van der Waals surface area contributed by atoms with Crippen LogP contribution in [-0.2, 0) is 4.74 Å². The fourth-order valence-corrected chi connectivity index (χ4v) is 1.16. The lowest BCUT2D eigenvalue weighted by molar-refractivity contribution is 0.0655. The average molecular weight is 223 g/mol. The standard InChI is InChI=1S/C11H17N3O2/c1-3-15-7-8(2)16-9-4-5-10(11(12)13)14-6-9/h4-6,8H,3,7H2,1-2H3,(H3,12,13). The summed E-state index contributed by atoms with van der Waals surface area (Å²) in [5.41, 5.74) is 5.74. The Morgan fingerprint density at radius 1 is 1.56 bits per heavy atom. The van der Waals surface area contributed by atoms with Crippen LogP contribution in [0.4, 0.5) is 0 Å². The quantitative estimate of drug-likeness (QED) is 0.560. The maximum absolute atomic E-state index is 7.19. The summed E-state index contributed by atoms with van der Waals surface area (Å²) in [6.07, 6.45) is 1.53. The van der Waals surface area contributed by atoms with E-state index in [0.717, 1.165) is 0 Å². The Kier molecular flexibility index (Phi) is 4.72. The second-order valence-electron chi connectivity index (χ2n) is 3.38. The van der Waals surface area contributed by atoms with Crippen molar-refractivity contribution in [3.05, 3.63) is 24.0 Å². The monoisotopic (exact) mass is 223 g/mol. The van der Waals surface area contributed by atoms with Gasteiger partial charge in [0.2, 0.25) is 0 Å². The number of ether oxygens (including phenoxy) is 2. The molecule has 0 aromatic carbocycles. The molecule has 0 aliphatic heterocycles. The third-order valence-electron chi connectivity index (χ3n) is 1.91. The second kappa shape index (κ2) is 6.07. The minimum Gasteiger partial charge on any atom is -0.487 e. The molecule has 0 radical (unpaired) electrons.